The van der Waals surface area contributed by atoms with Gasteiger partial charge in [-0.2, -0.15) is 5.10 Å². The summed E-state index contributed by atoms with van der Waals surface area (Å²) in [5.41, 5.74) is 3.14. The molecule has 0 spiro atoms. The van der Waals surface area contributed by atoms with Crippen molar-refractivity contribution in [3.05, 3.63) is 83.6 Å². The second-order valence-corrected chi connectivity index (χ2v) is 8.38. The van der Waals surface area contributed by atoms with Gasteiger partial charge in [-0.25, -0.2) is 13.1 Å². The highest BCUT2D eigenvalue weighted by atomic mass is 32.2. The molecule has 0 aliphatic heterocycles. The second kappa shape index (κ2) is 8.74. The Morgan fingerprint density at radius 1 is 1.10 bits per heavy atom. The summed E-state index contributed by atoms with van der Waals surface area (Å²) in [6, 6.07) is 18.4. The largest absolute Gasteiger partial charge is 0.307 e. The maximum absolute atomic E-state index is 12.3. The summed E-state index contributed by atoms with van der Waals surface area (Å²) < 4.78 is 26.6. The van der Waals surface area contributed by atoms with Crippen molar-refractivity contribution >= 4 is 33.5 Å². The number of sulfonamides is 1. The van der Waals surface area contributed by atoms with Crippen LogP contribution >= 0.6 is 0 Å². The highest BCUT2D eigenvalue weighted by molar-refractivity contribution is 7.92. The Labute approximate surface area is 170 Å². The number of rotatable bonds is 7. The lowest BCUT2D eigenvalue weighted by molar-refractivity contribution is -0.111. The Balaban J connectivity index is 1.65. The minimum Gasteiger partial charge on any atom is -0.307 e. The second-order valence-electron chi connectivity index (χ2n) is 6.63. The molecule has 0 unspecified atom stereocenters. The number of anilines is 2. The molecule has 8 heteroatoms. The van der Waals surface area contributed by atoms with Gasteiger partial charge < -0.3 is 5.32 Å². The van der Waals surface area contributed by atoms with Crippen LogP contribution < -0.4 is 10.0 Å². The smallest absolute Gasteiger partial charge is 0.249 e. The summed E-state index contributed by atoms with van der Waals surface area (Å²) in [4.78, 5) is 12.3. The number of carbonyl (C=O) groups excluding carboxylic acids is 1. The molecule has 150 valence electrons. The van der Waals surface area contributed by atoms with Crippen molar-refractivity contribution in [2.45, 2.75) is 13.5 Å². The molecule has 3 rings (SSSR count). The lowest BCUT2D eigenvalue weighted by Gasteiger charge is -2.08. The van der Waals surface area contributed by atoms with Gasteiger partial charge in [0.2, 0.25) is 15.9 Å². The maximum Gasteiger partial charge on any atom is 0.249 e. The van der Waals surface area contributed by atoms with E-state index in [2.05, 4.69) is 15.1 Å². The van der Waals surface area contributed by atoms with E-state index >= 15 is 0 Å². The van der Waals surface area contributed by atoms with E-state index in [1.807, 2.05) is 43.3 Å². The first-order chi connectivity index (χ1) is 13.8. The van der Waals surface area contributed by atoms with Gasteiger partial charge in [-0.05, 0) is 36.3 Å². The molecule has 1 amide bonds. The Kier molecular flexibility index (Phi) is 6.13. The number of nitrogens with zero attached hydrogens (tertiary/aromatic N) is 2. The highest BCUT2D eigenvalue weighted by Gasteiger charge is 2.08. The molecule has 7 nitrogen and oxygen atoms in total. The van der Waals surface area contributed by atoms with Crippen molar-refractivity contribution in [2.24, 2.45) is 0 Å². The molecule has 0 radical (unpaired) electrons. The molecule has 2 aromatic carbocycles. The first kappa shape index (κ1) is 20.3. The van der Waals surface area contributed by atoms with E-state index in [-0.39, 0.29) is 5.91 Å². The number of hydrogen-bond donors (Lipinski definition) is 2. The number of amides is 1. The number of hydrogen-bond acceptors (Lipinski definition) is 4. The summed E-state index contributed by atoms with van der Waals surface area (Å²) in [5, 5.41) is 7.29. The van der Waals surface area contributed by atoms with Crippen LogP contribution in [0.4, 0.5) is 11.5 Å². The zero-order valence-corrected chi connectivity index (χ0v) is 17.0. The summed E-state index contributed by atoms with van der Waals surface area (Å²) in [6.07, 6.45) is 4.17. The molecule has 0 aliphatic rings. The third-order valence-corrected chi connectivity index (χ3v) is 4.58. The van der Waals surface area contributed by atoms with Crippen LogP contribution in [0.1, 0.15) is 16.8 Å². The van der Waals surface area contributed by atoms with Gasteiger partial charge in [-0.15, -0.1) is 0 Å². The molecule has 1 aromatic heterocycles. The van der Waals surface area contributed by atoms with Crippen LogP contribution in [0.25, 0.3) is 6.08 Å². The summed E-state index contributed by atoms with van der Waals surface area (Å²) >= 11 is 0. The van der Waals surface area contributed by atoms with Crippen molar-refractivity contribution in [3.8, 4) is 0 Å². The Morgan fingerprint density at radius 3 is 2.45 bits per heavy atom. The third-order valence-electron chi connectivity index (χ3n) is 3.97. The van der Waals surface area contributed by atoms with Crippen LogP contribution in [0.2, 0.25) is 0 Å². The van der Waals surface area contributed by atoms with Crippen molar-refractivity contribution < 1.29 is 13.2 Å². The van der Waals surface area contributed by atoms with E-state index in [1.54, 1.807) is 35.0 Å². The average Bonchev–Trinajstić information content (AvgIpc) is 2.99. The van der Waals surface area contributed by atoms with Crippen molar-refractivity contribution in [1.29, 1.82) is 0 Å². The molecule has 0 atom stereocenters. The highest BCUT2D eigenvalue weighted by Crippen LogP contribution is 2.14. The first-order valence-corrected chi connectivity index (χ1v) is 10.8. The summed E-state index contributed by atoms with van der Waals surface area (Å²) in [5.74, 6) is 0.339. The van der Waals surface area contributed by atoms with Gasteiger partial charge in [0.1, 0.15) is 5.82 Å². The van der Waals surface area contributed by atoms with E-state index in [9.17, 15) is 13.2 Å². The predicted molar refractivity (Wildman–Crippen MR) is 115 cm³/mol. The minimum atomic E-state index is -3.32. The molecule has 0 saturated carbocycles. The van der Waals surface area contributed by atoms with E-state index in [0.29, 0.717) is 18.1 Å². The normalized spacial score (nSPS) is 11.5. The number of nitrogens with one attached hydrogen (secondary N) is 2. The van der Waals surface area contributed by atoms with Crippen LogP contribution in [0.3, 0.4) is 0 Å². The first-order valence-electron chi connectivity index (χ1n) is 8.94. The van der Waals surface area contributed by atoms with Gasteiger partial charge >= 0.3 is 0 Å². The zero-order chi connectivity index (χ0) is 20.9. The maximum atomic E-state index is 12.3. The van der Waals surface area contributed by atoms with E-state index in [0.717, 1.165) is 23.1 Å². The van der Waals surface area contributed by atoms with Gasteiger partial charge in [-0.3, -0.25) is 9.52 Å². The van der Waals surface area contributed by atoms with Gasteiger partial charge in [0.05, 0.1) is 18.5 Å². The molecule has 0 saturated heterocycles. The molecule has 2 N–H and O–H groups in total. The molecule has 0 fully saturated rings. The lowest BCUT2D eigenvalue weighted by atomic mass is 10.2. The SMILES string of the molecule is Cc1cc(NC(=O)/C=C/c2ccc(NS(C)(=O)=O)cc2)n(Cc2ccccc2)n1. The molecular formula is C21H22N4O3S. The molecule has 0 bridgehead atoms. The van der Waals surface area contributed by atoms with Gasteiger partial charge in [0, 0.05) is 17.8 Å². The average molecular weight is 410 g/mol. The van der Waals surface area contributed by atoms with Gasteiger partial charge in [0.15, 0.2) is 0 Å². The van der Waals surface area contributed by atoms with Gasteiger partial charge in [0.25, 0.3) is 0 Å². The van der Waals surface area contributed by atoms with Crippen molar-refractivity contribution in [1.82, 2.24) is 9.78 Å². The van der Waals surface area contributed by atoms with Crippen LogP contribution in [0.15, 0.2) is 66.7 Å². The fourth-order valence-corrected chi connectivity index (χ4v) is 3.30. The van der Waals surface area contributed by atoms with Crippen molar-refractivity contribution in [3.63, 3.8) is 0 Å². The van der Waals surface area contributed by atoms with Crippen molar-refractivity contribution in [2.75, 3.05) is 16.3 Å². The summed E-state index contributed by atoms with van der Waals surface area (Å²) in [6.45, 7) is 2.43. The fraction of sp³-hybridized carbons (Fsp3) is 0.143. The molecule has 3 aromatic rings. The minimum absolute atomic E-state index is 0.280. The number of benzene rings is 2. The Hall–Kier alpha value is -3.39. The lowest BCUT2D eigenvalue weighted by Crippen LogP contribution is -2.13. The Morgan fingerprint density at radius 2 is 1.79 bits per heavy atom. The Bertz CT molecular complexity index is 1120. The quantitative estimate of drug-likeness (QED) is 0.585. The standard InChI is InChI=1S/C21H22N4O3S/c1-16-14-20(25(23-16)15-18-6-4-3-5-7-18)22-21(26)13-10-17-8-11-19(12-9-17)24-29(2,27)28/h3-14,24H,15H2,1-2H3,(H,22,26)/b13-10+. The van der Waals surface area contributed by atoms with Crippen LogP contribution in [-0.2, 0) is 21.4 Å². The van der Waals surface area contributed by atoms with E-state index in [1.165, 1.54) is 6.08 Å². The van der Waals surface area contributed by atoms with E-state index < -0.39 is 10.0 Å². The zero-order valence-electron chi connectivity index (χ0n) is 16.2. The topological polar surface area (TPSA) is 93.1 Å². The number of aromatic nitrogens is 2. The van der Waals surface area contributed by atoms with E-state index in [4.69, 9.17) is 0 Å². The number of aryl methyl sites for hydroxylation is 1. The van der Waals surface area contributed by atoms with Crippen LogP contribution in [-0.4, -0.2) is 30.4 Å². The van der Waals surface area contributed by atoms with Crippen LogP contribution in [0, 0.1) is 6.92 Å². The molecule has 29 heavy (non-hydrogen) atoms. The molecular weight excluding hydrogens is 388 g/mol. The van der Waals surface area contributed by atoms with Gasteiger partial charge in [-0.1, -0.05) is 42.5 Å². The molecule has 1 heterocycles. The summed E-state index contributed by atoms with van der Waals surface area (Å²) in [7, 11) is -3.32. The monoisotopic (exact) mass is 410 g/mol. The van der Waals surface area contributed by atoms with Crippen LogP contribution in [0.5, 0.6) is 0 Å². The fourth-order valence-electron chi connectivity index (χ4n) is 2.74. The third kappa shape index (κ3) is 6.32. The molecule has 0 aliphatic carbocycles. The predicted octanol–water partition coefficient (Wildman–Crippen LogP) is 3.26. The number of carbonyl (C=O) groups is 1.